The van der Waals surface area contributed by atoms with Gasteiger partial charge in [-0.05, 0) is 57.5 Å². The molecular weight excluding hydrogens is 312 g/mol. The number of aldehydes is 1. The molecule has 4 nitrogen and oxygen atoms in total. The molecule has 0 saturated carbocycles. The summed E-state index contributed by atoms with van der Waals surface area (Å²) in [7, 11) is 0. The highest BCUT2D eigenvalue weighted by Gasteiger charge is 2.21. The summed E-state index contributed by atoms with van der Waals surface area (Å²) >= 11 is 1.40. The van der Waals surface area contributed by atoms with Gasteiger partial charge in [-0.25, -0.2) is 4.79 Å². The first-order chi connectivity index (χ1) is 10.8. The molecule has 0 bridgehead atoms. The number of benzene rings is 1. The van der Waals surface area contributed by atoms with Crippen LogP contribution in [0.5, 0.6) is 5.75 Å². The number of thiophene rings is 1. The quantitative estimate of drug-likeness (QED) is 0.594. The smallest absolute Gasteiger partial charge is 0.342 e. The Kier molecular flexibility index (Phi) is 5.21. The normalized spacial score (nSPS) is 11.1. The summed E-state index contributed by atoms with van der Waals surface area (Å²) < 4.78 is 11.0. The van der Waals surface area contributed by atoms with Crippen molar-refractivity contribution in [1.29, 1.82) is 0 Å². The third-order valence-electron chi connectivity index (χ3n) is 2.93. The molecule has 0 aliphatic heterocycles. The topological polar surface area (TPSA) is 52.6 Å². The lowest BCUT2D eigenvalue weighted by molar-refractivity contribution is 0.00660. The van der Waals surface area contributed by atoms with E-state index in [1.165, 1.54) is 11.3 Å². The monoisotopic (exact) mass is 332 g/mol. The lowest BCUT2D eigenvalue weighted by Gasteiger charge is -2.20. The number of carbonyl (C=O) groups is 2. The molecule has 0 spiro atoms. The molecule has 0 saturated heterocycles. The average Bonchev–Trinajstić information content (AvgIpc) is 2.94. The summed E-state index contributed by atoms with van der Waals surface area (Å²) in [6.07, 6.45) is 0.826. The summed E-state index contributed by atoms with van der Waals surface area (Å²) in [4.78, 5) is 24.7. The Balaban J connectivity index is 2.37. The Morgan fingerprint density at radius 3 is 2.52 bits per heavy atom. The molecule has 0 atom stereocenters. The number of carbonyl (C=O) groups excluding carboxylic acids is 2. The zero-order valence-electron chi connectivity index (χ0n) is 13.7. The van der Waals surface area contributed by atoms with Crippen molar-refractivity contribution in [2.45, 2.75) is 33.3 Å². The van der Waals surface area contributed by atoms with Crippen molar-refractivity contribution in [3.05, 3.63) is 40.8 Å². The van der Waals surface area contributed by atoms with Crippen molar-refractivity contribution in [2.75, 3.05) is 6.61 Å². The molecule has 0 fully saturated rings. The first-order valence-corrected chi connectivity index (χ1v) is 8.21. The summed E-state index contributed by atoms with van der Waals surface area (Å²) in [5.41, 5.74) is 0.739. The van der Waals surface area contributed by atoms with E-state index >= 15 is 0 Å². The third kappa shape index (κ3) is 4.42. The molecule has 0 amide bonds. The molecule has 1 aromatic heterocycles. The minimum absolute atomic E-state index is 0.401. The van der Waals surface area contributed by atoms with Crippen LogP contribution >= 0.6 is 11.3 Å². The highest BCUT2D eigenvalue weighted by Crippen LogP contribution is 2.32. The zero-order valence-corrected chi connectivity index (χ0v) is 14.5. The standard InChI is InChI=1S/C18H20O4S/c1-5-21-15-10-12(16-9-7-13(11-19)23-16)6-8-14(15)17(20)22-18(2,3)4/h6-11H,5H2,1-4H3. The van der Waals surface area contributed by atoms with Gasteiger partial charge in [0.05, 0.1) is 11.5 Å². The lowest BCUT2D eigenvalue weighted by Crippen LogP contribution is -2.24. The Bertz CT molecular complexity index is 710. The van der Waals surface area contributed by atoms with Crippen LogP contribution in [0.15, 0.2) is 30.3 Å². The number of hydrogen-bond acceptors (Lipinski definition) is 5. The first kappa shape index (κ1) is 17.2. The summed E-state index contributed by atoms with van der Waals surface area (Å²) in [5.74, 6) is 0.0764. The second-order valence-corrected chi connectivity index (χ2v) is 7.08. The second kappa shape index (κ2) is 6.96. The van der Waals surface area contributed by atoms with Crippen molar-refractivity contribution < 1.29 is 19.1 Å². The van der Waals surface area contributed by atoms with E-state index in [1.54, 1.807) is 12.1 Å². The highest BCUT2D eigenvalue weighted by molar-refractivity contribution is 7.17. The van der Waals surface area contributed by atoms with Gasteiger partial charge in [0.1, 0.15) is 16.9 Å². The third-order valence-corrected chi connectivity index (χ3v) is 3.99. The molecule has 0 N–H and O–H groups in total. The van der Waals surface area contributed by atoms with Crippen LogP contribution in [0.4, 0.5) is 0 Å². The van der Waals surface area contributed by atoms with Crippen LogP contribution in [0.2, 0.25) is 0 Å². The number of ether oxygens (including phenoxy) is 2. The fourth-order valence-electron chi connectivity index (χ4n) is 2.02. The Morgan fingerprint density at radius 1 is 1.22 bits per heavy atom. The molecule has 23 heavy (non-hydrogen) atoms. The van der Waals surface area contributed by atoms with Gasteiger partial charge >= 0.3 is 5.97 Å². The van der Waals surface area contributed by atoms with Crippen molar-refractivity contribution >= 4 is 23.6 Å². The van der Waals surface area contributed by atoms with Crippen LogP contribution in [-0.2, 0) is 4.74 Å². The van der Waals surface area contributed by atoms with Gasteiger partial charge in [0.2, 0.25) is 0 Å². The van der Waals surface area contributed by atoms with E-state index in [4.69, 9.17) is 9.47 Å². The van der Waals surface area contributed by atoms with E-state index in [0.29, 0.717) is 22.8 Å². The predicted molar refractivity (Wildman–Crippen MR) is 91.5 cm³/mol. The van der Waals surface area contributed by atoms with Gasteiger partial charge in [-0.15, -0.1) is 11.3 Å². The predicted octanol–water partition coefficient (Wildman–Crippen LogP) is 4.58. The van der Waals surface area contributed by atoms with Crippen LogP contribution in [0.1, 0.15) is 47.7 Å². The fourth-order valence-corrected chi connectivity index (χ4v) is 2.84. The summed E-state index contributed by atoms with van der Waals surface area (Å²) in [6, 6.07) is 9.00. The van der Waals surface area contributed by atoms with E-state index in [1.807, 2.05) is 45.9 Å². The van der Waals surface area contributed by atoms with Crippen LogP contribution in [0, 0.1) is 0 Å². The second-order valence-electron chi connectivity index (χ2n) is 5.97. The largest absolute Gasteiger partial charge is 0.493 e. The van der Waals surface area contributed by atoms with Gasteiger partial charge in [0.25, 0.3) is 0 Å². The van der Waals surface area contributed by atoms with Crippen LogP contribution in [0.25, 0.3) is 10.4 Å². The Morgan fingerprint density at radius 2 is 1.96 bits per heavy atom. The SMILES string of the molecule is CCOc1cc(-c2ccc(C=O)s2)ccc1C(=O)OC(C)(C)C. The van der Waals surface area contributed by atoms with Gasteiger partial charge in [-0.1, -0.05) is 6.07 Å². The first-order valence-electron chi connectivity index (χ1n) is 7.39. The van der Waals surface area contributed by atoms with Crippen LogP contribution in [0.3, 0.4) is 0 Å². The van der Waals surface area contributed by atoms with E-state index in [-0.39, 0.29) is 0 Å². The number of hydrogen-bond donors (Lipinski definition) is 0. The molecular formula is C18H20O4S. The zero-order chi connectivity index (χ0) is 17.0. The van der Waals surface area contributed by atoms with Crippen molar-refractivity contribution in [3.63, 3.8) is 0 Å². The minimum Gasteiger partial charge on any atom is -0.493 e. The Labute approximate surface area is 140 Å². The van der Waals surface area contributed by atoms with E-state index in [0.717, 1.165) is 16.7 Å². The fraction of sp³-hybridized carbons (Fsp3) is 0.333. The van der Waals surface area contributed by atoms with Crippen LogP contribution < -0.4 is 4.74 Å². The van der Waals surface area contributed by atoms with Gasteiger partial charge in [-0.2, -0.15) is 0 Å². The summed E-state index contributed by atoms with van der Waals surface area (Å²) in [5, 5.41) is 0. The molecule has 0 radical (unpaired) electrons. The van der Waals surface area contributed by atoms with Crippen molar-refractivity contribution in [3.8, 4) is 16.2 Å². The van der Waals surface area contributed by atoms with Gasteiger partial charge in [0, 0.05) is 4.88 Å². The molecule has 0 unspecified atom stereocenters. The highest BCUT2D eigenvalue weighted by atomic mass is 32.1. The van der Waals surface area contributed by atoms with Gasteiger partial charge in [-0.3, -0.25) is 4.79 Å². The van der Waals surface area contributed by atoms with Crippen molar-refractivity contribution in [1.82, 2.24) is 0 Å². The lowest BCUT2D eigenvalue weighted by atomic mass is 10.1. The molecule has 0 aliphatic rings. The molecule has 122 valence electrons. The van der Waals surface area contributed by atoms with Crippen LogP contribution in [-0.4, -0.2) is 24.5 Å². The maximum Gasteiger partial charge on any atom is 0.342 e. The average molecular weight is 332 g/mol. The number of esters is 1. The molecule has 1 aromatic carbocycles. The van der Waals surface area contributed by atoms with E-state index < -0.39 is 11.6 Å². The summed E-state index contributed by atoms with van der Waals surface area (Å²) in [6.45, 7) is 7.79. The van der Waals surface area contributed by atoms with E-state index in [9.17, 15) is 9.59 Å². The van der Waals surface area contributed by atoms with Crippen molar-refractivity contribution in [2.24, 2.45) is 0 Å². The maximum atomic E-state index is 12.3. The number of rotatable bonds is 5. The molecule has 5 heteroatoms. The minimum atomic E-state index is -0.564. The maximum absolute atomic E-state index is 12.3. The van der Waals surface area contributed by atoms with E-state index in [2.05, 4.69) is 0 Å². The molecule has 1 heterocycles. The molecule has 0 aliphatic carbocycles. The molecule has 2 aromatic rings. The molecule has 2 rings (SSSR count). The Hall–Kier alpha value is -2.14. The van der Waals surface area contributed by atoms with Gasteiger partial charge < -0.3 is 9.47 Å². The van der Waals surface area contributed by atoms with Gasteiger partial charge in [0.15, 0.2) is 6.29 Å².